The highest BCUT2D eigenvalue weighted by molar-refractivity contribution is 5.44. The molecule has 0 heterocycles. The first kappa shape index (κ1) is 11.5. The van der Waals surface area contributed by atoms with Crippen LogP contribution in [0, 0.1) is 0 Å². The van der Waals surface area contributed by atoms with E-state index >= 15 is 0 Å². The second-order valence-corrected chi connectivity index (χ2v) is 3.74. The van der Waals surface area contributed by atoms with Crippen molar-refractivity contribution in [3.63, 3.8) is 0 Å². The number of rotatable bonds is 3. The average Bonchev–Trinajstić information content (AvgIpc) is 2.39. The van der Waals surface area contributed by atoms with Crippen LogP contribution in [0.3, 0.4) is 0 Å². The van der Waals surface area contributed by atoms with E-state index in [1.807, 2.05) is 30.3 Å². The molecule has 0 aromatic heterocycles. The number of benzene rings is 2. The van der Waals surface area contributed by atoms with Crippen LogP contribution in [0.1, 0.15) is 17.2 Å². The molecule has 0 aliphatic rings. The Labute approximate surface area is 99.9 Å². The van der Waals surface area contributed by atoms with Crippen molar-refractivity contribution in [1.29, 1.82) is 0 Å². The number of phenols is 1. The molecule has 3 heteroatoms. The van der Waals surface area contributed by atoms with E-state index in [4.69, 9.17) is 4.74 Å². The lowest BCUT2D eigenvalue weighted by atomic mass is 10.0. The molecule has 0 aliphatic carbocycles. The molecule has 0 amide bonds. The van der Waals surface area contributed by atoms with Gasteiger partial charge in [0.05, 0.1) is 7.11 Å². The fourth-order valence-corrected chi connectivity index (χ4v) is 1.74. The molecule has 0 radical (unpaired) electrons. The number of aromatic hydroxyl groups is 1. The molecule has 2 aromatic carbocycles. The SMILES string of the molecule is COc1cc(O)ccc1C(O)c1ccccc1. The van der Waals surface area contributed by atoms with Gasteiger partial charge in [-0.25, -0.2) is 0 Å². The van der Waals surface area contributed by atoms with Crippen LogP contribution >= 0.6 is 0 Å². The van der Waals surface area contributed by atoms with Gasteiger partial charge in [0, 0.05) is 11.6 Å². The van der Waals surface area contributed by atoms with Gasteiger partial charge in [-0.2, -0.15) is 0 Å². The molecule has 2 aromatic rings. The van der Waals surface area contributed by atoms with Crippen LogP contribution in [0.25, 0.3) is 0 Å². The summed E-state index contributed by atoms with van der Waals surface area (Å²) in [7, 11) is 1.51. The summed E-state index contributed by atoms with van der Waals surface area (Å²) in [6.07, 6.45) is -0.758. The van der Waals surface area contributed by atoms with E-state index in [9.17, 15) is 10.2 Å². The number of phenolic OH excluding ortho intramolecular Hbond substituents is 1. The summed E-state index contributed by atoms with van der Waals surface area (Å²) >= 11 is 0. The van der Waals surface area contributed by atoms with Gasteiger partial charge in [0.1, 0.15) is 17.6 Å². The highest BCUT2D eigenvalue weighted by Gasteiger charge is 2.15. The Morgan fingerprint density at radius 3 is 2.41 bits per heavy atom. The topological polar surface area (TPSA) is 49.7 Å². The van der Waals surface area contributed by atoms with Crippen LogP contribution in [0.15, 0.2) is 48.5 Å². The van der Waals surface area contributed by atoms with E-state index < -0.39 is 6.10 Å². The van der Waals surface area contributed by atoms with Gasteiger partial charge in [-0.05, 0) is 17.7 Å². The number of methoxy groups -OCH3 is 1. The van der Waals surface area contributed by atoms with Crippen molar-refractivity contribution in [2.75, 3.05) is 7.11 Å². The number of aliphatic hydroxyl groups excluding tert-OH is 1. The fourth-order valence-electron chi connectivity index (χ4n) is 1.74. The summed E-state index contributed by atoms with van der Waals surface area (Å²) in [5, 5.41) is 19.6. The van der Waals surface area contributed by atoms with Gasteiger partial charge < -0.3 is 14.9 Å². The zero-order valence-electron chi connectivity index (χ0n) is 9.50. The number of aliphatic hydroxyl groups is 1. The monoisotopic (exact) mass is 230 g/mol. The summed E-state index contributed by atoms with van der Waals surface area (Å²) in [5.41, 5.74) is 1.42. The Morgan fingerprint density at radius 2 is 1.76 bits per heavy atom. The molecule has 0 spiro atoms. The van der Waals surface area contributed by atoms with Gasteiger partial charge in [0.2, 0.25) is 0 Å². The van der Waals surface area contributed by atoms with Crippen LogP contribution in [0.2, 0.25) is 0 Å². The summed E-state index contributed by atoms with van der Waals surface area (Å²) in [4.78, 5) is 0. The molecule has 1 atom stereocenters. The largest absolute Gasteiger partial charge is 0.508 e. The molecule has 0 bridgehead atoms. The minimum atomic E-state index is -0.758. The molecule has 0 saturated heterocycles. The quantitative estimate of drug-likeness (QED) is 0.851. The molecular weight excluding hydrogens is 216 g/mol. The first-order valence-corrected chi connectivity index (χ1v) is 5.32. The molecule has 17 heavy (non-hydrogen) atoms. The molecule has 0 saturated carbocycles. The summed E-state index contributed by atoms with van der Waals surface area (Å²) in [5.74, 6) is 0.590. The van der Waals surface area contributed by atoms with E-state index in [1.165, 1.54) is 19.2 Å². The summed E-state index contributed by atoms with van der Waals surface area (Å²) in [6, 6.07) is 14.0. The van der Waals surface area contributed by atoms with Crippen LogP contribution < -0.4 is 4.74 Å². The average molecular weight is 230 g/mol. The lowest BCUT2D eigenvalue weighted by molar-refractivity contribution is 0.214. The highest BCUT2D eigenvalue weighted by Crippen LogP contribution is 2.32. The Balaban J connectivity index is 2.40. The third kappa shape index (κ3) is 2.40. The minimum absolute atomic E-state index is 0.117. The normalized spacial score (nSPS) is 12.1. The lowest BCUT2D eigenvalue weighted by Gasteiger charge is -2.15. The molecule has 1 unspecified atom stereocenters. The highest BCUT2D eigenvalue weighted by atomic mass is 16.5. The van der Waals surface area contributed by atoms with Crippen molar-refractivity contribution in [2.45, 2.75) is 6.10 Å². The Hall–Kier alpha value is -2.00. The molecule has 0 fully saturated rings. The van der Waals surface area contributed by atoms with E-state index in [0.717, 1.165) is 5.56 Å². The Morgan fingerprint density at radius 1 is 1.06 bits per heavy atom. The fraction of sp³-hybridized carbons (Fsp3) is 0.143. The van der Waals surface area contributed by atoms with Crippen LogP contribution in [-0.4, -0.2) is 17.3 Å². The maximum absolute atomic E-state index is 10.2. The minimum Gasteiger partial charge on any atom is -0.508 e. The Bertz CT molecular complexity index is 494. The van der Waals surface area contributed by atoms with Gasteiger partial charge in [-0.3, -0.25) is 0 Å². The van der Waals surface area contributed by atoms with Crippen molar-refractivity contribution >= 4 is 0 Å². The molecule has 88 valence electrons. The van der Waals surface area contributed by atoms with Crippen molar-refractivity contribution < 1.29 is 14.9 Å². The summed E-state index contributed by atoms with van der Waals surface area (Å²) < 4.78 is 5.15. The zero-order chi connectivity index (χ0) is 12.3. The molecular formula is C14H14O3. The van der Waals surface area contributed by atoms with Crippen LogP contribution in [0.5, 0.6) is 11.5 Å². The third-order valence-electron chi connectivity index (χ3n) is 2.63. The maximum atomic E-state index is 10.2. The van der Waals surface area contributed by atoms with Crippen molar-refractivity contribution in [2.24, 2.45) is 0 Å². The predicted molar refractivity (Wildman–Crippen MR) is 65.2 cm³/mol. The van der Waals surface area contributed by atoms with Crippen molar-refractivity contribution in [3.05, 3.63) is 59.7 Å². The second-order valence-electron chi connectivity index (χ2n) is 3.74. The number of hydrogen-bond acceptors (Lipinski definition) is 3. The maximum Gasteiger partial charge on any atom is 0.128 e. The van der Waals surface area contributed by atoms with Gasteiger partial charge in [-0.1, -0.05) is 30.3 Å². The second kappa shape index (κ2) is 4.89. The molecule has 3 nitrogen and oxygen atoms in total. The van der Waals surface area contributed by atoms with E-state index in [0.29, 0.717) is 11.3 Å². The van der Waals surface area contributed by atoms with Gasteiger partial charge in [0.25, 0.3) is 0 Å². The van der Waals surface area contributed by atoms with Gasteiger partial charge in [0.15, 0.2) is 0 Å². The molecule has 2 rings (SSSR count). The van der Waals surface area contributed by atoms with E-state index in [1.54, 1.807) is 6.07 Å². The van der Waals surface area contributed by atoms with Crippen LogP contribution in [-0.2, 0) is 0 Å². The first-order chi connectivity index (χ1) is 8.22. The van der Waals surface area contributed by atoms with Crippen molar-refractivity contribution in [1.82, 2.24) is 0 Å². The van der Waals surface area contributed by atoms with E-state index in [2.05, 4.69) is 0 Å². The Kier molecular flexibility index (Phi) is 3.30. The zero-order valence-corrected chi connectivity index (χ0v) is 9.50. The standard InChI is InChI=1S/C14H14O3/c1-17-13-9-11(15)7-8-12(13)14(16)10-5-3-2-4-6-10/h2-9,14-16H,1H3. The number of ether oxygens (including phenoxy) is 1. The van der Waals surface area contributed by atoms with Gasteiger partial charge >= 0.3 is 0 Å². The first-order valence-electron chi connectivity index (χ1n) is 5.32. The van der Waals surface area contributed by atoms with E-state index in [-0.39, 0.29) is 5.75 Å². The third-order valence-corrected chi connectivity index (χ3v) is 2.63. The predicted octanol–water partition coefficient (Wildman–Crippen LogP) is 2.48. The smallest absolute Gasteiger partial charge is 0.128 e. The number of hydrogen-bond donors (Lipinski definition) is 2. The van der Waals surface area contributed by atoms with Gasteiger partial charge in [-0.15, -0.1) is 0 Å². The van der Waals surface area contributed by atoms with Crippen molar-refractivity contribution in [3.8, 4) is 11.5 Å². The van der Waals surface area contributed by atoms with Crippen LogP contribution in [0.4, 0.5) is 0 Å². The molecule has 0 aliphatic heterocycles. The lowest BCUT2D eigenvalue weighted by Crippen LogP contribution is -2.01. The molecule has 2 N–H and O–H groups in total. The summed E-state index contributed by atoms with van der Waals surface area (Å²) in [6.45, 7) is 0.